The summed E-state index contributed by atoms with van der Waals surface area (Å²) in [5, 5.41) is 8.00. The summed E-state index contributed by atoms with van der Waals surface area (Å²) in [6.07, 6.45) is 3.20. The number of rotatable bonds is 5. The number of hydrogen-bond donors (Lipinski definition) is 1. The van der Waals surface area contributed by atoms with Crippen molar-refractivity contribution in [1.82, 2.24) is 24.5 Å². The van der Waals surface area contributed by atoms with Gasteiger partial charge in [-0.15, -0.1) is 11.3 Å². The van der Waals surface area contributed by atoms with E-state index in [2.05, 4.69) is 20.2 Å². The minimum Gasteiger partial charge on any atom is -0.379 e. The third kappa shape index (κ3) is 4.09. The van der Waals surface area contributed by atoms with Gasteiger partial charge >= 0.3 is 0 Å². The Morgan fingerprint density at radius 3 is 2.56 bits per heavy atom. The van der Waals surface area contributed by atoms with Crippen LogP contribution in [0.5, 0.6) is 0 Å². The van der Waals surface area contributed by atoms with Crippen LogP contribution in [0.25, 0.3) is 43.9 Å². The fourth-order valence-corrected chi connectivity index (χ4v) is 7.14. The Hall–Kier alpha value is -3.51. The summed E-state index contributed by atoms with van der Waals surface area (Å²) < 4.78 is 46.7. The van der Waals surface area contributed by atoms with E-state index < -0.39 is 10.0 Å². The summed E-state index contributed by atoms with van der Waals surface area (Å²) in [5.41, 5.74) is 4.69. The predicted octanol–water partition coefficient (Wildman–Crippen LogP) is 4.58. The molecule has 1 saturated heterocycles. The largest absolute Gasteiger partial charge is 0.379 e. The number of aromatic amines is 1. The van der Waals surface area contributed by atoms with Crippen molar-refractivity contribution in [2.45, 2.75) is 4.21 Å². The molecule has 11 heteroatoms. The molecule has 0 aliphatic carbocycles. The second kappa shape index (κ2) is 9.17. The van der Waals surface area contributed by atoms with E-state index in [-0.39, 0.29) is 10.0 Å². The molecule has 1 aliphatic heterocycles. The number of aromatic nitrogens is 4. The van der Waals surface area contributed by atoms with Crippen molar-refractivity contribution in [2.24, 2.45) is 0 Å². The molecule has 0 bridgehead atoms. The van der Waals surface area contributed by atoms with E-state index >= 15 is 0 Å². The average molecular weight is 522 g/mol. The quantitative estimate of drug-likeness (QED) is 0.364. The number of sulfonamides is 1. The summed E-state index contributed by atoms with van der Waals surface area (Å²) in [6, 6.07) is 15.4. The van der Waals surface area contributed by atoms with Crippen molar-refractivity contribution in [2.75, 3.05) is 26.3 Å². The molecule has 0 spiro atoms. The minimum atomic E-state index is -3.60. The number of ether oxygens (including phenoxy) is 1. The Balaban J connectivity index is 1.41. The van der Waals surface area contributed by atoms with Crippen LogP contribution in [0, 0.1) is 5.82 Å². The fraction of sp³-hybridized carbons (Fsp3) is 0.160. The molecule has 1 aliphatic rings. The van der Waals surface area contributed by atoms with Gasteiger partial charge in [0, 0.05) is 29.6 Å². The number of benzene rings is 2. The van der Waals surface area contributed by atoms with Gasteiger partial charge in [-0.25, -0.2) is 22.8 Å². The zero-order valence-corrected chi connectivity index (χ0v) is 20.5. The molecule has 8 nitrogen and oxygen atoms in total. The molecular weight excluding hydrogens is 501 g/mol. The number of thiophene rings is 1. The first-order chi connectivity index (χ1) is 17.5. The van der Waals surface area contributed by atoms with Gasteiger partial charge < -0.3 is 4.74 Å². The zero-order chi connectivity index (χ0) is 24.7. The number of hydrogen-bond acceptors (Lipinski definition) is 7. The van der Waals surface area contributed by atoms with E-state index in [9.17, 15) is 12.8 Å². The smallest absolute Gasteiger partial charge is 0.252 e. The van der Waals surface area contributed by atoms with Crippen LogP contribution in [0.2, 0.25) is 0 Å². The van der Waals surface area contributed by atoms with Gasteiger partial charge in [0.1, 0.15) is 16.4 Å². The van der Waals surface area contributed by atoms with Crippen molar-refractivity contribution >= 4 is 32.3 Å². The first-order valence-corrected chi connectivity index (χ1v) is 13.5. The molecule has 5 aromatic rings. The van der Waals surface area contributed by atoms with Gasteiger partial charge in [0.2, 0.25) is 0 Å². The highest BCUT2D eigenvalue weighted by Gasteiger charge is 2.28. The van der Waals surface area contributed by atoms with Gasteiger partial charge in [0.15, 0.2) is 0 Å². The van der Waals surface area contributed by atoms with E-state index in [4.69, 9.17) is 4.74 Å². The molecule has 3 aromatic heterocycles. The van der Waals surface area contributed by atoms with Crippen LogP contribution >= 0.6 is 11.3 Å². The highest BCUT2D eigenvalue weighted by molar-refractivity contribution is 7.91. The monoisotopic (exact) mass is 521 g/mol. The second-order valence-electron chi connectivity index (χ2n) is 8.25. The molecule has 0 atom stereocenters. The van der Waals surface area contributed by atoms with Gasteiger partial charge in [0.25, 0.3) is 10.0 Å². The number of morpholine rings is 1. The molecule has 1 N–H and O–H groups in total. The second-order valence-corrected chi connectivity index (χ2v) is 11.5. The Kier molecular flexibility index (Phi) is 5.84. The molecule has 6 rings (SSSR count). The SMILES string of the molecule is O=S(=O)(c1ccc(-c2ncnc3ccc(-c4cn[nH]c4-c4ccc(F)cc4)cc23)s1)N1CCOCC1. The van der Waals surface area contributed by atoms with Gasteiger partial charge in [-0.05, 0) is 54.1 Å². The number of halogens is 1. The maximum absolute atomic E-state index is 13.4. The normalized spacial score (nSPS) is 14.9. The Morgan fingerprint density at radius 2 is 1.75 bits per heavy atom. The Labute approximate surface area is 210 Å². The lowest BCUT2D eigenvalue weighted by Gasteiger charge is -2.25. The van der Waals surface area contributed by atoms with Crippen molar-refractivity contribution in [3.63, 3.8) is 0 Å². The van der Waals surface area contributed by atoms with Crippen LogP contribution in [0.15, 0.2) is 71.3 Å². The first-order valence-electron chi connectivity index (χ1n) is 11.2. The third-order valence-corrected chi connectivity index (χ3v) is 9.56. The van der Waals surface area contributed by atoms with Crippen molar-refractivity contribution in [3.05, 3.63) is 72.9 Å². The number of nitrogens with one attached hydrogen (secondary N) is 1. The summed E-state index contributed by atoms with van der Waals surface area (Å²) >= 11 is 1.19. The van der Waals surface area contributed by atoms with Crippen LogP contribution in [0.3, 0.4) is 0 Å². The molecule has 0 saturated carbocycles. The van der Waals surface area contributed by atoms with Gasteiger partial charge in [-0.1, -0.05) is 6.07 Å². The summed E-state index contributed by atoms with van der Waals surface area (Å²) in [6.45, 7) is 1.47. The summed E-state index contributed by atoms with van der Waals surface area (Å²) in [4.78, 5) is 9.63. The lowest BCUT2D eigenvalue weighted by Crippen LogP contribution is -2.40. The zero-order valence-electron chi connectivity index (χ0n) is 18.9. The number of nitrogens with zero attached hydrogens (tertiary/aromatic N) is 4. The van der Waals surface area contributed by atoms with Gasteiger partial charge in [-0.3, -0.25) is 5.10 Å². The van der Waals surface area contributed by atoms with Crippen LogP contribution in [-0.2, 0) is 14.8 Å². The molecule has 0 unspecified atom stereocenters. The minimum absolute atomic E-state index is 0.274. The maximum atomic E-state index is 13.4. The van der Waals surface area contributed by atoms with E-state index in [1.165, 1.54) is 34.1 Å². The Bertz CT molecular complexity index is 1660. The van der Waals surface area contributed by atoms with Crippen molar-refractivity contribution < 1.29 is 17.5 Å². The first kappa shape index (κ1) is 22.9. The predicted molar refractivity (Wildman–Crippen MR) is 135 cm³/mol. The lowest BCUT2D eigenvalue weighted by molar-refractivity contribution is 0.0731. The topological polar surface area (TPSA) is 101 Å². The number of fused-ring (bicyclic) bond motifs is 1. The third-order valence-electron chi connectivity index (χ3n) is 6.10. The highest BCUT2D eigenvalue weighted by atomic mass is 32.2. The van der Waals surface area contributed by atoms with Crippen LogP contribution in [-0.4, -0.2) is 59.2 Å². The fourth-order valence-electron chi connectivity index (χ4n) is 4.26. The average Bonchev–Trinajstić information content (AvgIpc) is 3.60. The van der Waals surface area contributed by atoms with Crippen LogP contribution in [0.1, 0.15) is 0 Å². The van der Waals surface area contributed by atoms with Crippen molar-refractivity contribution in [1.29, 1.82) is 0 Å². The molecule has 4 heterocycles. The van der Waals surface area contributed by atoms with E-state index in [0.717, 1.165) is 38.2 Å². The van der Waals surface area contributed by atoms with E-state index in [0.29, 0.717) is 32.0 Å². The lowest BCUT2D eigenvalue weighted by atomic mass is 9.99. The van der Waals surface area contributed by atoms with E-state index in [1.807, 2.05) is 18.2 Å². The molecule has 0 amide bonds. The standard InChI is InChI=1S/C25H20FN5O3S2/c26-18-4-1-16(2-5-18)24-20(14-29-30-24)17-3-6-21-19(13-17)25(28-15-27-21)22-7-8-23(35-22)36(32,33)31-9-11-34-12-10-31/h1-8,13-15H,9-12H2,(H,29,30). The van der Waals surface area contributed by atoms with Gasteiger partial charge in [-0.2, -0.15) is 9.40 Å². The van der Waals surface area contributed by atoms with Crippen LogP contribution < -0.4 is 0 Å². The molecule has 36 heavy (non-hydrogen) atoms. The van der Waals surface area contributed by atoms with Gasteiger partial charge in [0.05, 0.1) is 41.2 Å². The summed E-state index contributed by atoms with van der Waals surface area (Å²) in [7, 11) is -3.60. The molecule has 2 aromatic carbocycles. The molecule has 182 valence electrons. The number of H-pyrrole nitrogens is 1. The van der Waals surface area contributed by atoms with Crippen LogP contribution in [0.4, 0.5) is 4.39 Å². The molecule has 0 radical (unpaired) electrons. The Morgan fingerprint density at radius 1 is 0.972 bits per heavy atom. The molecule has 1 fully saturated rings. The summed E-state index contributed by atoms with van der Waals surface area (Å²) in [5.74, 6) is -0.307. The van der Waals surface area contributed by atoms with E-state index in [1.54, 1.807) is 30.5 Å². The van der Waals surface area contributed by atoms with Crippen molar-refractivity contribution in [3.8, 4) is 33.0 Å². The molecular formula is C25H20FN5O3S2. The highest BCUT2D eigenvalue weighted by Crippen LogP contribution is 2.37. The maximum Gasteiger partial charge on any atom is 0.252 e.